The highest BCUT2D eigenvalue weighted by atomic mass is 35.5. The molecule has 1 unspecified atom stereocenters. The smallest absolute Gasteiger partial charge is 0.229 e. The molecule has 2 saturated heterocycles. The molecule has 6 heteroatoms. The SMILES string of the molecule is CC(C)C(=O)NC1CCN(C(=O)C2(C)CCCNC2)CC1.Cl. The van der Waals surface area contributed by atoms with E-state index in [4.69, 9.17) is 0 Å². The standard InChI is InChI=1S/C16H29N3O2.ClH/c1-12(2)14(20)18-13-5-9-19(10-6-13)15(21)16(3)7-4-8-17-11-16;/h12-13,17H,4-11H2,1-3H3,(H,18,20);1H. The summed E-state index contributed by atoms with van der Waals surface area (Å²) in [5.74, 6) is 0.420. The van der Waals surface area contributed by atoms with Gasteiger partial charge in [0.05, 0.1) is 5.41 Å². The van der Waals surface area contributed by atoms with Crippen LogP contribution < -0.4 is 10.6 Å². The van der Waals surface area contributed by atoms with E-state index < -0.39 is 0 Å². The molecular weight excluding hydrogens is 302 g/mol. The Morgan fingerprint density at radius 2 is 1.91 bits per heavy atom. The lowest BCUT2D eigenvalue weighted by atomic mass is 9.81. The summed E-state index contributed by atoms with van der Waals surface area (Å²) in [4.78, 5) is 26.4. The monoisotopic (exact) mass is 331 g/mol. The first kappa shape index (κ1) is 19.2. The third kappa shape index (κ3) is 4.59. The molecule has 2 amide bonds. The Bertz CT molecular complexity index is 387. The van der Waals surface area contributed by atoms with Crippen molar-refractivity contribution in [2.75, 3.05) is 26.2 Å². The van der Waals surface area contributed by atoms with Crippen LogP contribution in [0.1, 0.15) is 46.5 Å². The van der Waals surface area contributed by atoms with Crippen molar-refractivity contribution in [2.45, 2.75) is 52.5 Å². The molecule has 0 aromatic carbocycles. The van der Waals surface area contributed by atoms with Gasteiger partial charge in [-0.15, -0.1) is 12.4 Å². The summed E-state index contributed by atoms with van der Waals surface area (Å²) >= 11 is 0. The molecule has 2 heterocycles. The van der Waals surface area contributed by atoms with E-state index in [1.807, 2.05) is 18.7 Å². The van der Waals surface area contributed by atoms with Crippen molar-refractivity contribution >= 4 is 24.2 Å². The minimum Gasteiger partial charge on any atom is -0.353 e. The molecule has 128 valence electrons. The molecule has 2 aliphatic heterocycles. The summed E-state index contributed by atoms with van der Waals surface area (Å²) < 4.78 is 0. The molecule has 2 N–H and O–H groups in total. The third-order valence-electron chi connectivity index (χ3n) is 4.77. The first-order valence-electron chi connectivity index (χ1n) is 8.23. The molecule has 0 saturated carbocycles. The predicted molar refractivity (Wildman–Crippen MR) is 90.0 cm³/mol. The van der Waals surface area contributed by atoms with E-state index in [-0.39, 0.29) is 41.6 Å². The molecule has 2 fully saturated rings. The molecule has 0 aromatic heterocycles. The van der Waals surface area contributed by atoms with Crippen LogP contribution in [0.2, 0.25) is 0 Å². The Labute approximate surface area is 140 Å². The number of nitrogens with one attached hydrogen (secondary N) is 2. The van der Waals surface area contributed by atoms with Crippen molar-refractivity contribution in [1.82, 2.24) is 15.5 Å². The zero-order valence-electron chi connectivity index (χ0n) is 14.0. The number of halogens is 1. The molecule has 22 heavy (non-hydrogen) atoms. The van der Waals surface area contributed by atoms with Gasteiger partial charge in [-0.25, -0.2) is 0 Å². The van der Waals surface area contributed by atoms with Crippen LogP contribution in [0, 0.1) is 11.3 Å². The number of hydrogen-bond acceptors (Lipinski definition) is 3. The second-order valence-corrected chi connectivity index (χ2v) is 7.07. The number of nitrogens with zero attached hydrogens (tertiary/aromatic N) is 1. The number of carbonyl (C=O) groups excluding carboxylic acids is 2. The van der Waals surface area contributed by atoms with Crippen molar-refractivity contribution in [3.8, 4) is 0 Å². The topological polar surface area (TPSA) is 61.4 Å². The average Bonchev–Trinajstić information content (AvgIpc) is 2.48. The van der Waals surface area contributed by atoms with Gasteiger partial charge >= 0.3 is 0 Å². The van der Waals surface area contributed by atoms with Gasteiger partial charge in [-0.05, 0) is 39.2 Å². The number of amides is 2. The molecule has 2 aliphatic rings. The fraction of sp³-hybridized carbons (Fsp3) is 0.875. The van der Waals surface area contributed by atoms with Crippen LogP contribution in [0.15, 0.2) is 0 Å². The van der Waals surface area contributed by atoms with E-state index in [0.29, 0.717) is 0 Å². The summed E-state index contributed by atoms with van der Waals surface area (Å²) in [6.07, 6.45) is 3.79. The molecule has 1 atom stereocenters. The van der Waals surface area contributed by atoms with Crippen molar-refractivity contribution in [1.29, 1.82) is 0 Å². The number of piperidine rings is 2. The summed E-state index contributed by atoms with van der Waals surface area (Å²) in [5.41, 5.74) is -0.244. The van der Waals surface area contributed by atoms with Gasteiger partial charge in [-0.2, -0.15) is 0 Å². The van der Waals surface area contributed by atoms with Gasteiger partial charge in [0.1, 0.15) is 0 Å². The maximum Gasteiger partial charge on any atom is 0.229 e. The van der Waals surface area contributed by atoms with E-state index in [1.165, 1.54) is 0 Å². The van der Waals surface area contributed by atoms with Crippen LogP contribution in [-0.2, 0) is 9.59 Å². The van der Waals surface area contributed by atoms with Crippen LogP contribution in [0.3, 0.4) is 0 Å². The zero-order valence-corrected chi connectivity index (χ0v) is 14.8. The molecule has 0 bridgehead atoms. The minimum atomic E-state index is -0.244. The summed E-state index contributed by atoms with van der Waals surface area (Å²) in [7, 11) is 0. The molecular formula is C16H30ClN3O2. The number of likely N-dealkylation sites (tertiary alicyclic amines) is 1. The fourth-order valence-corrected chi connectivity index (χ4v) is 3.22. The highest BCUT2D eigenvalue weighted by Crippen LogP contribution is 2.29. The van der Waals surface area contributed by atoms with E-state index in [9.17, 15) is 9.59 Å². The maximum atomic E-state index is 12.7. The third-order valence-corrected chi connectivity index (χ3v) is 4.77. The number of carbonyl (C=O) groups is 2. The molecule has 5 nitrogen and oxygen atoms in total. The molecule has 0 aromatic rings. The predicted octanol–water partition coefficient (Wildman–Crippen LogP) is 1.56. The van der Waals surface area contributed by atoms with Gasteiger partial charge in [-0.3, -0.25) is 9.59 Å². The Hall–Kier alpha value is -0.810. The van der Waals surface area contributed by atoms with Crippen molar-refractivity contribution in [2.24, 2.45) is 11.3 Å². The molecule has 0 spiro atoms. The van der Waals surface area contributed by atoms with Crippen LogP contribution >= 0.6 is 12.4 Å². The van der Waals surface area contributed by atoms with Crippen LogP contribution in [-0.4, -0.2) is 48.9 Å². The quantitative estimate of drug-likeness (QED) is 0.825. The zero-order chi connectivity index (χ0) is 15.5. The Morgan fingerprint density at radius 1 is 1.27 bits per heavy atom. The minimum absolute atomic E-state index is 0. The highest BCUT2D eigenvalue weighted by Gasteiger charge is 2.38. The summed E-state index contributed by atoms with van der Waals surface area (Å²) in [6, 6.07) is 0.223. The number of rotatable bonds is 3. The van der Waals surface area contributed by atoms with Crippen LogP contribution in [0.5, 0.6) is 0 Å². The number of hydrogen-bond donors (Lipinski definition) is 2. The van der Waals surface area contributed by atoms with E-state index in [0.717, 1.165) is 51.9 Å². The van der Waals surface area contributed by atoms with Gasteiger partial charge in [0.15, 0.2) is 0 Å². The first-order chi connectivity index (χ1) is 9.92. The Morgan fingerprint density at radius 3 is 2.41 bits per heavy atom. The maximum absolute atomic E-state index is 12.7. The van der Waals surface area contributed by atoms with Crippen LogP contribution in [0.25, 0.3) is 0 Å². The van der Waals surface area contributed by atoms with Crippen molar-refractivity contribution < 1.29 is 9.59 Å². The van der Waals surface area contributed by atoms with Gasteiger partial charge in [0.2, 0.25) is 11.8 Å². The second kappa shape index (κ2) is 8.16. The average molecular weight is 332 g/mol. The fourth-order valence-electron chi connectivity index (χ4n) is 3.22. The first-order valence-corrected chi connectivity index (χ1v) is 8.23. The van der Waals surface area contributed by atoms with Gasteiger partial charge in [0, 0.05) is 31.6 Å². The van der Waals surface area contributed by atoms with Crippen molar-refractivity contribution in [3.63, 3.8) is 0 Å². The van der Waals surface area contributed by atoms with Gasteiger partial charge < -0.3 is 15.5 Å². The lowest BCUT2D eigenvalue weighted by Gasteiger charge is -2.40. The Balaban J connectivity index is 0.00000242. The van der Waals surface area contributed by atoms with Crippen molar-refractivity contribution in [3.05, 3.63) is 0 Å². The van der Waals surface area contributed by atoms with E-state index >= 15 is 0 Å². The summed E-state index contributed by atoms with van der Waals surface area (Å²) in [6.45, 7) is 9.22. The molecule has 0 aliphatic carbocycles. The normalized spacial score (nSPS) is 26.5. The molecule has 2 rings (SSSR count). The lowest BCUT2D eigenvalue weighted by Crippen LogP contribution is -2.54. The van der Waals surface area contributed by atoms with Crippen LogP contribution in [0.4, 0.5) is 0 Å². The largest absolute Gasteiger partial charge is 0.353 e. The Kier molecular flexibility index (Phi) is 7.13. The van der Waals surface area contributed by atoms with E-state index in [1.54, 1.807) is 0 Å². The summed E-state index contributed by atoms with van der Waals surface area (Å²) in [5, 5.41) is 6.42. The molecule has 0 radical (unpaired) electrons. The van der Waals surface area contributed by atoms with Gasteiger partial charge in [-0.1, -0.05) is 13.8 Å². The highest BCUT2D eigenvalue weighted by molar-refractivity contribution is 5.85. The lowest BCUT2D eigenvalue weighted by molar-refractivity contribution is -0.143. The van der Waals surface area contributed by atoms with Gasteiger partial charge in [0.25, 0.3) is 0 Å². The second-order valence-electron chi connectivity index (χ2n) is 7.07. The van der Waals surface area contributed by atoms with E-state index in [2.05, 4.69) is 17.6 Å².